The Hall–Kier alpha value is -0.770. The number of aliphatic hydroxyl groups is 1. The molecule has 1 aliphatic rings. The molecule has 0 aromatic heterocycles. The van der Waals surface area contributed by atoms with Gasteiger partial charge in [0.25, 0.3) is 0 Å². The van der Waals surface area contributed by atoms with Gasteiger partial charge in [0.15, 0.2) is 0 Å². The van der Waals surface area contributed by atoms with Crippen LogP contribution >= 0.6 is 0 Å². The quantitative estimate of drug-likeness (QED) is 0.779. The molecule has 1 fully saturated rings. The van der Waals surface area contributed by atoms with Crippen molar-refractivity contribution in [1.29, 1.82) is 0 Å². The average Bonchev–Trinajstić information content (AvgIpc) is 2.39. The Bertz CT molecular complexity index is 263. The van der Waals surface area contributed by atoms with E-state index in [1.807, 2.05) is 18.9 Å². The fourth-order valence-corrected chi connectivity index (χ4v) is 2.77. The zero-order chi connectivity index (χ0) is 14.3. The van der Waals surface area contributed by atoms with E-state index in [9.17, 15) is 4.79 Å². The lowest BCUT2D eigenvalue weighted by molar-refractivity contribution is 0.181. The van der Waals surface area contributed by atoms with Gasteiger partial charge in [0.2, 0.25) is 0 Å². The second kappa shape index (κ2) is 8.41. The minimum atomic E-state index is 0.0176. The molecule has 0 aromatic carbocycles. The molecule has 4 nitrogen and oxygen atoms in total. The van der Waals surface area contributed by atoms with Gasteiger partial charge in [-0.05, 0) is 44.4 Å². The summed E-state index contributed by atoms with van der Waals surface area (Å²) in [7, 11) is 1.88. The first-order valence-electron chi connectivity index (χ1n) is 7.65. The Labute approximate surface area is 117 Å². The fraction of sp³-hybridized carbons (Fsp3) is 0.933. The van der Waals surface area contributed by atoms with Crippen LogP contribution in [0.2, 0.25) is 0 Å². The Morgan fingerprint density at radius 2 is 2.00 bits per heavy atom. The van der Waals surface area contributed by atoms with Gasteiger partial charge in [-0.15, -0.1) is 0 Å². The molecule has 1 rings (SSSR count). The summed E-state index contributed by atoms with van der Waals surface area (Å²) in [6.45, 7) is 5.36. The molecule has 0 aromatic rings. The van der Waals surface area contributed by atoms with Gasteiger partial charge in [0.05, 0.1) is 0 Å². The highest BCUT2D eigenvalue weighted by Gasteiger charge is 2.21. The molecule has 1 unspecified atom stereocenters. The highest BCUT2D eigenvalue weighted by molar-refractivity contribution is 5.74. The standard InChI is InChI=1S/C15H30N2O2/c1-12-6-8-14(9-7-12)11-17(3)15(19)16-13(2)5-4-10-18/h12-14,18H,4-11H2,1-3H3,(H,16,19). The third-order valence-electron chi connectivity index (χ3n) is 4.18. The Morgan fingerprint density at radius 3 is 2.58 bits per heavy atom. The SMILES string of the molecule is CC1CCC(CN(C)C(=O)NC(C)CCCO)CC1. The highest BCUT2D eigenvalue weighted by atomic mass is 16.3. The Morgan fingerprint density at radius 1 is 1.37 bits per heavy atom. The van der Waals surface area contributed by atoms with Crippen LogP contribution in [0, 0.1) is 11.8 Å². The smallest absolute Gasteiger partial charge is 0.317 e. The molecule has 1 saturated carbocycles. The predicted octanol–water partition coefficient (Wildman–Crippen LogP) is 2.62. The summed E-state index contributed by atoms with van der Waals surface area (Å²) < 4.78 is 0. The monoisotopic (exact) mass is 270 g/mol. The molecular weight excluding hydrogens is 240 g/mol. The highest BCUT2D eigenvalue weighted by Crippen LogP contribution is 2.28. The first-order valence-corrected chi connectivity index (χ1v) is 7.65. The van der Waals surface area contributed by atoms with E-state index in [2.05, 4.69) is 12.2 Å². The van der Waals surface area contributed by atoms with Crippen LogP contribution in [0.25, 0.3) is 0 Å². The Balaban J connectivity index is 2.24. The molecular formula is C15H30N2O2. The Kier molecular flexibility index (Phi) is 7.21. The van der Waals surface area contributed by atoms with E-state index in [1.54, 1.807) is 0 Å². The van der Waals surface area contributed by atoms with Crippen LogP contribution < -0.4 is 5.32 Å². The van der Waals surface area contributed by atoms with Crippen molar-refractivity contribution in [2.24, 2.45) is 11.8 Å². The van der Waals surface area contributed by atoms with Gasteiger partial charge in [0, 0.05) is 26.2 Å². The number of rotatable bonds is 6. The number of carbonyl (C=O) groups is 1. The predicted molar refractivity (Wildman–Crippen MR) is 78.1 cm³/mol. The minimum Gasteiger partial charge on any atom is -0.396 e. The van der Waals surface area contributed by atoms with E-state index >= 15 is 0 Å². The molecule has 0 bridgehead atoms. The second-order valence-corrected chi connectivity index (χ2v) is 6.22. The average molecular weight is 270 g/mol. The summed E-state index contributed by atoms with van der Waals surface area (Å²) in [5.74, 6) is 1.52. The largest absolute Gasteiger partial charge is 0.396 e. The van der Waals surface area contributed by atoms with Crippen molar-refractivity contribution in [2.45, 2.75) is 58.4 Å². The lowest BCUT2D eigenvalue weighted by atomic mass is 9.83. The summed E-state index contributed by atoms with van der Waals surface area (Å²) in [5, 5.41) is 11.8. The number of nitrogens with zero attached hydrogens (tertiary/aromatic N) is 1. The van der Waals surface area contributed by atoms with Gasteiger partial charge in [-0.25, -0.2) is 4.79 Å². The van der Waals surface area contributed by atoms with Gasteiger partial charge in [-0.2, -0.15) is 0 Å². The van der Waals surface area contributed by atoms with Crippen LogP contribution in [0.1, 0.15) is 52.4 Å². The lowest BCUT2D eigenvalue weighted by Gasteiger charge is -2.30. The van der Waals surface area contributed by atoms with E-state index < -0.39 is 0 Å². The minimum absolute atomic E-state index is 0.0176. The van der Waals surface area contributed by atoms with Crippen molar-refractivity contribution in [3.63, 3.8) is 0 Å². The summed E-state index contributed by atoms with van der Waals surface area (Å²) in [4.78, 5) is 13.8. The maximum absolute atomic E-state index is 12.0. The van der Waals surface area contributed by atoms with Crippen LogP contribution in [-0.4, -0.2) is 42.3 Å². The summed E-state index contributed by atoms with van der Waals surface area (Å²) in [6, 6.07) is 0.150. The number of carbonyl (C=O) groups excluding carboxylic acids is 1. The zero-order valence-electron chi connectivity index (χ0n) is 12.7. The van der Waals surface area contributed by atoms with Gasteiger partial charge in [-0.1, -0.05) is 19.8 Å². The molecule has 0 heterocycles. The van der Waals surface area contributed by atoms with E-state index in [1.165, 1.54) is 25.7 Å². The molecule has 1 aliphatic carbocycles. The van der Waals surface area contributed by atoms with Crippen LogP contribution in [0.15, 0.2) is 0 Å². The normalized spacial score (nSPS) is 24.8. The van der Waals surface area contributed by atoms with Crippen molar-refractivity contribution < 1.29 is 9.90 Å². The molecule has 2 N–H and O–H groups in total. The van der Waals surface area contributed by atoms with Crippen LogP contribution in [0.3, 0.4) is 0 Å². The molecule has 1 atom stereocenters. The number of aliphatic hydroxyl groups excluding tert-OH is 1. The molecule has 4 heteroatoms. The third kappa shape index (κ3) is 6.28. The van der Waals surface area contributed by atoms with Crippen molar-refractivity contribution in [3.05, 3.63) is 0 Å². The number of hydrogen-bond acceptors (Lipinski definition) is 2. The molecule has 0 spiro atoms. The number of nitrogens with one attached hydrogen (secondary N) is 1. The van der Waals surface area contributed by atoms with Gasteiger partial charge >= 0.3 is 6.03 Å². The van der Waals surface area contributed by atoms with E-state index in [4.69, 9.17) is 5.11 Å². The first-order chi connectivity index (χ1) is 9.02. The molecule has 19 heavy (non-hydrogen) atoms. The fourth-order valence-electron chi connectivity index (χ4n) is 2.77. The zero-order valence-corrected chi connectivity index (χ0v) is 12.7. The number of urea groups is 1. The first kappa shape index (κ1) is 16.3. The number of hydrogen-bond donors (Lipinski definition) is 2. The van der Waals surface area contributed by atoms with Crippen LogP contribution in [-0.2, 0) is 0 Å². The molecule has 0 saturated heterocycles. The topological polar surface area (TPSA) is 52.6 Å². The molecule has 112 valence electrons. The van der Waals surface area contributed by atoms with Crippen molar-refractivity contribution in [2.75, 3.05) is 20.2 Å². The summed E-state index contributed by atoms with van der Waals surface area (Å²) in [6.07, 6.45) is 6.67. The summed E-state index contributed by atoms with van der Waals surface area (Å²) in [5.41, 5.74) is 0. The number of amides is 2. The van der Waals surface area contributed by atoms with Gasteiger partial charge < -0.3 is 15.3 Å². The van der Waals surface area contributed by atoms with Gasteiger partial charge in [0.1, 0.15) is 0 Å². The van der Waals surface area contributed by atoms with Crippen molar-refractivity contribution in [3.8, 4) is 0 Å². The molecule has 0 radical (unpaired) electrons. The molecule has 0 aliphatic heterocycles. The second-order valence-electron chi connectivity index (χ2n) is 6.22. The van der Waals surface area contributed by atoms with E-state index in [0.29, 0.717) is 5.92 Å². The third-order valence-corrected chi connectivity index (χ3v) is 4.18. The lowest BCUT2D eigenvalue weighted by Crippen LogP contribution is -2.44. The van der Waals surface area contributed by atoms with Crippen LogP contribution in [0.4, 0.5) is 4.79 Å². The summed E-state index contributed by atoms with van der Waals surface area (Å²) >= 11 is 0. The molecule has 2 amide bonds. The van der Waals surface area contributed by atoms with E-state index in [-0.39, 0.29) is 18.7 Å². The van der Waals surface area contributed by atoms with Crippen molar-refractivity contribution in [1.82, 2.24) is 10.2 Å². The van der Waals surface area contributed by atoms with Gasteiger partial charge in [-0.3, -0.25) is 0 Å². The van der Waals surface area contributed by atoms with E-state index in [0.717, 1.165) is 25.3 Å². The maximum atomic E-state index is 12.0. The van der Waals surface area contributed by atoms with Crippen LogP contribution in [0.5, 0.6) is 0 Å². The van der Waals surface area contributed by atoms with Crippen molar-refractivity contribution >= 4 is 6.03 Å². The maximum Gasteiger partial charge on any atom is 0.317 e.